The Labute approximate surface area is 99.2 Å². The van der Waals surface area contributed by atoms with Gasteiger partial charge in [0, 0.05) is 24.9 Å². The highest BCUT2D eigenvalue weighted by Crippen LogP contribution is 2.31. The molecule has 0 atom stereocenters. The fourth-order valence-corrected chi connectivity index (χ4v) is 1.78. The minimum atomic E-state index is 0.980. The standard InChI is InChI=1S/C15H21N/c1-5-8-10-14-12-13(7-3)15(16(14)4)11-9-6-2/h5,7-11H,3,6,12H2,1-2,4H3/b8-5-,11-9-,14-10+. The van der Waals surface area contributed by atoms with E-state index in [-0.39, 0.29) is 0 Å². The van der Waals surface area contributed by atoms with Crippen molar-refractivity contribution in [3.63, 3.8) is 0 Å². The Balaban J connectivity index is 2.95. The maximum Gasteiger partial charge on any atom is 0.0438 e. The molecule has 1 aliphatic heterocycles. The quantitative estimate of drug-likeness (QED) is 0.679. The van der Waals surface area contributed by atoms with Crippen LogP contribution in [0.25, 0.3) is 0 Å². The fourth-order valence-electron chi connectivity index (χ4n) is 1.78. The lowest BCUT2D eigenvalue weighted by Gasteiger charge is -2.15. The van der Waals surface area contributed by atoms with Gasteiger partial charge in [-0.15, -0.1) is 0 Å². The van der Waals surface area contributed by atoms with Crippen LogP contribution < -0.4 is 0 Å². The molecular formula is C15H21N. The van der Waals surface area contributed by atoms with Gasteiger partial charge in [-0.1, -0.05) is 37.8 Å². The maximum atomic E-state index is 3.89. The lowest BCUT2D eigenvalue weighted by atomic mass is 10.1. The van der Waals surface area contributed by atoms with Gasteiger partial charge in [-0.3, -0.25) is 0 Å². The van der Waals surface area contributed by atoms with Crippen molar-refractivity contribution >= 4 is 0 Å². The van der Waals surface area contributed by atoms with Gasteiger partial charge in [-0.25, -0.2) is 0 Å². The number of hydrogen-bond donors (Lipinski definition) is 0. The average molecular weight is 215 g/mol. The molecule has 0 aromatic carbocycles. The van der Waals surface area contributed by atoms with Crippen LogP contribution in [0.2, 0.25) is 0 Å². The summed E-state index contributed by atoms with van der Waals surface area (Å²) in [6, 6.07) is 0. The van der Waals surface area contributed by atoms with E-state index >= 15 is 0 Å². The van der Waals surface area contributed by atoms with E-state index in [1.807, 2.05) is 19.1 Å². The van der Waals surface area contributed by atoms with Crippen LogP contribution in [0.5, 0.6) is 0 Å². The molecule has 0 unspecified atom stereocenters. The van der Waals surface area contributed by atoms with E-state index in [2.05, 4.69) is 49.8 Å². The second kappa shape index (κ2) is 6.16. The van der Waals surface area contributed by atoms with Gasteiger partial charge in [0.05, 0.1) is 0 Å². The van der Waals surface area contributed by atoms with Gasteiger partial charge in [0.1, 0.15) is 0 Å². The van der Waals surface area contributed by atoms with Gasteiger partial charge < -0.3 is 4.90 Å². The van der Waals surface area contributed by atoms with E-state index in [0.29, 0.717) is 0 Å². The topological polar surface area (TPSA) is 3.24 Å². The molecule has 1 heterocycles. The normalized spacial score (nSPS) is 19.7. The van der Waals surface area contributed by atoms with Crippen molar-refractivity contribution in [3.8, 4) is 0 Å². The van der Waals surface area contributed by atoms with Crippen molar-refractivity contribution in [2.75, 3.05) is 7.05 Å². The van der Waals surface area contributed by atoms with Crippen molar-refractivity contribution in [2.45, 2.75) is 26.7 Å². The van der Waals surface area contributed by atoms with Crippen LogP contribution in [-0.4, -0.2) is 11.9 Å². The zero-order chi connectivity index (χ0) is 12.0. The molecule has 0 amide bonds. The van der Waals surface area contributed by atoms with Gasteiger partial charge in [0.2, 0.25) is 0 Å². The smallest absolute Gasteiger partial charge is 0.0438 e. The zero-order valence-corrected chi connectivity index (χ0v) is 10.5. The minimum absolute atomic E-state index is 0.980. The molecule has 1 rings (SSSR count). The Morgan fingerprint density at radius 1 is 1.44 bits per heavy atom. The highest BCUT2D eigenvalue weighted by atomic mass is 15.1. The van der Waals surface area contributed by atoms with E-state index in [1.54, 1.807) is 0 Å². The van der Waals surface area contributed by atoms with Crippen LogP contribution in [0.4, 0.5) is 0 Å². The lowest BCUT2D eigenvalue weighted by Crippen LogP contribution is -2.09. The largest absolute Gasteiger partial charge is 0.348 e. The van der Waals surface area contributed by atoms with Crippen LogP contribution in [0, 0.1) is 0 Å². The summed E-state index contributed by atoms with van der Waals surface area (Å²) in [6.07, 6.45) is 14.7. The van der Waals surface area contributed by atoms with Crippen molar-refractivity contribution in [1.29, 1.82) is 0 Å². The Hall–Kier alpha value is -1.50. The molecule has 0 spiro atoms. The predicted molar refractivity (Wildman–Crippen MR) is 71.9 cm³/mol. The maximum absolute atomic E-state index is 3.89. The molecule has 0 fully saturated rings. The van der Waals surface area contributed by atoms with E-state index in [9.17, 15) is 0 Å². The van der Waals surface area contributed by atoms with Crippen LogP contribution in [0.3, 0.4) is 0 Å². The van der Waals surface area contributed by atoms with Crippen LogP contribution in [0.15, 0.2) is 60.0 Å². The molecule has 0 saturated heterocycles. The van der Waals surface area contributed by atoms with Gasteiger partial charge in [-0.05, 0) is 31.1 Å². The first-order valence-corrected chi connectivity index (χ1v) is 5.82. The number of allylic oxidation sites excluding steroid dienone is 7. The van der Waals surface area contributed by atoms with Crippen molar-refractivity contribution < 1.29 is 0 Å². The molecule has 0 bridgehead atoms. The summed E-state index contributed by atoms with van der Waals surface area (Å²) in [5.41, 5.74) is 3.90. The first kappa shape index (κ1) is 12.6. The van der Waals surface area contributed by atoms with Crippen LogP contribution >= 0.6 is 0 Å². The number of nitrogens with zero attached hydrogens (tertiary/aromatic N) is 1. The summed E-state index contributed by atoms with van der Waals surface area (Å²) < 4.78 is 0. The van der Waals surface area contributed by atoms with Gasteiger partial charge >= 0.3 is 0 Å². The van der Waals surface area contributed by atoms with E-state index < -0.39 is 0 Å². The summed E-state index contributed by atoms with van der Waals surface area (Å²) in [7, 11) is 2.11. The molecular weight excluding hydrogens is 194 g/mol. The Kier molecular flexibility index (Phi) is 4.84. The van der Waals surface area contributed by atoms with E-state index in [0.717, 1.165) is 12.8 Å². The summed E-state index contributed by atoms with van der Waals surface area (Å²) in [5.74, 6) is 0. The predicted octanol–water partition coefficient (Wildman–Crippen LogP) is 4.19. The second-order valence-electron chi connectivity index (χ2n) is 3.84. The summed E-state index contributed by atoms with van der Waals surface area (Å²) >= 11 is 0. The highest BCUT2D eigenvalue weighted by molar-refractivity contribution is 5.43. The molecule has 1 heteroatoms. The van der Waals surface area contributed by atoms with E-state index in [1.165, 1.54) is 17.0 Å². The van der Waals surface area contributed by atoms with Gasteiger partial charge in [0.15, 0.2) is 0 Å². The monoisotopic (exact) mass is 215 g/mol. The molecule has 16 heavy (non-hydrogen) atoms. The molecule has 1 aliphatic rings. The number of likely N-dealkylation sites (N-methyl/N-ethyl adjacent to an activating group) is 1. The van der Waals surface area contributed by atoms with Gasteiger partial charge in [0.25, 0.3) is 0 Å². The van der Waals surface area contributed by atoms with Gasteiger partial charge in [-0.2, -0.15) is 0 Å². The third kappa shape index (κ3) is 2.75. The van der Waals surface area contributed by atoms with Crippen LogP contribution in [-0.2, 0) is 0 Å². The first-order valence-electron chi connectivity index (χ1n) is 5.82. The molecule has 0 aliphatic carbocycles. The minimum Gasteiger partial charge on any atom is -0.348 e. The number of rotatable bonds is 4. The second-order valence-corrected chi connectivity index (χ2v) is 3.84. The van der Waals surface area contributed by atoms with Crippen molar-refractivity contribution in [2.24, 2.45) is 0 Å². The summed E-state index contributed by atoms with van der Waals surface area (Å²) in [6.45, 7) is 8.07. The number of hydrogen-bond acceptors (Lipinski definition) is 1. The molecule has 0 radical (unpaired) electrons. The average Bonchev–Trinajstić information content (AvgIpc) is 2.60. The lowest BCUT2D eigenvalue weighted by molar-refractivity contribution is 0.555. The Morgan fingerprint density at radius 2 is 2.19 bits per heavy atom. The Bertz CT molecular complexity index is 367. The zero-order valence-electron chi connectivity index (χ0n) is 10.5. The van der Waals surface area contributed by atoms with E-state index in [4.69, 9.17) is 0 Å². The highest BCUT2D eigenvalue weighted by Gasteiger charge is 2.19. The first-order chi connectivity index (χ1) is 7.74. The SMILES string of the molecule is C=CC1=C(/C=C\CC)N(C)/C(=C/C=C\C)C1. The summed E-state index contributed by atoms with van der Waals surface area (Å²) in [4.78, 5) is 2.24. The third-order valence-electron chi connectivity index (χ3n) is 2.73. The van der Waals surface area contributed by atoms with Crippen LogP contribution in [0.1, 0.15) is 26.7 Å². The van der Waals surface area contributed by atoms with Crippen molar-refractivity contribution in [3.05, 3.63) is 60.0 Å². The molecule has 0 N–H and O–H groups in total. The molecule has 0 aromatic heterocycles. The fraction of sp³-hybridized carbons (Fsp3) is 0.333. The molecule has 0 aromatic rings. The molecule has 0 saturated carbocycles. The van der Waals surface area contributed by atoms with Crippen molar-refractivity contribution in [1.82, 2.24) is 4.90 Å². The Morgan fingerprint density at radius 3 is 2.75 bits per heavy atom. The molecule has 86 valence electrons. The molecule has 1 nitrogen and oxygen atoms in total. The third-order valence-corrected chi connectivity index (χ3v) is 2.73. The summed E-state index contributed by atoms with van der Waals surface area (Å²) in [5, 5.41) is 0.